The number of aromatic nitrogens is 2. The highest BCUT2D eigenvalue weighted by Gasteiger charge is 2.44. The standard InChI is InChI=1S/C21H25FN6O2.H2/c1-14-11-28(18-10-25-17(8-23)19-16(18)4-3-6-24-19)12-15(30-14)9-26-20(29)21(22)5-7-27(2)13-21;/h3-4,6,10,14-15H,5,7,9,11-13H2,1-2H3,(H,26,29);1H/t14-,15+,21+;/m1./s1. The number of likely N-dealkylation sites (tertiary alicyclic amines) is 1. The number of ether oxygens (including phenoxy) is 1. The summed E-state index contributed by atoms with van der Waals surface area (Å²) in [6.45, 7) is 4.03. The molecule has 0 aliphatic carbocycles. The van der Waals surface area contributed by atoms with Gasteiger partial charge in [0.25, 0.3) is 5.91 Å². The average Bonchev–Trinajstić information content (AvgIpc) is 3.10. The van der Waals surface area contributed by atoms with E-state index in [1.807, 2.05) is 31.0 Å². The molecule has 2 saturated heterocycles. The Balaban J connectivity index is 0.00000272. The third-order valence-electron chi connectivity index (χ3n) is 5.70. The first-order valence-corrected chi connectivity index (χ1v) is 10.1. The number of pyridine rings is 2. The zero-order valence-corrected chi connectivity index (χ0v) is 17.1. The van der Waals surface area contributed by atoms with Crippen LogP contribution < -0.4 is 10.2 Å². The predicted octanol–water partition coefficient (Wildman–Crippen LogP) is 1.50. The van der Waals surface area contributed by atoms with Gasteiger partial charge in [0.05, 0.1) is 24.1 Å². The Labute approximate surface area is 176 Å². The third kappa shape index (κ3) is 3.93. The summed E-state index contributed by atoms with van der Waals surface area (Å²) in [7, 11) is 1.81. The molecule has 9 heteroatoms. The number of fused-ring (bicyclic) bond motifs is 1. The lowest BCUT2D eigenvalue weighted by atomic mass is 10.0. The molecule has 8 nitrogen and oxygen atoms in total. The van der Waals surface area contributed by atoms with Gasteiger partial charge in [-0.05, 0) is 26.1 Å². The highest BCUT2D eigenvalue weighted by atomic mass is 19.1. The van der Waals surface area contributed by atoms with Crippen molar-refractivity contribution in [1.82, 2.24) is 20.2 Å². The first-order valence-electron chi connectivity index (χ1n) is 10.1. The van der Waals surface area contributed by atoms with Gasteiger partial charge in [-0.3, -0.25) is 9.78 Å². The maximum atomic E-state index is 14.8. The second kappa shape index (κ2) is 8.13. The van der Waals surface area contributed by atoms with E-state index in [0.29, 0.717) is 25.2 Å². The molecule has 2 aliphatic heterocycles. The Morgan fingerprint density at radius 1 is 1.50 bits per heavy atom. The molecule has 0 aromatic carbocycles. The van der Waals surface area contributed by atoms with E-state index in [4.69, 9.17) is 4.74 Å². The fraction of sp³-hybridized carbons (Fsp3) is 0.524. The minimum atomic E-state index is -1.84. The van der Waals surface area contributed by atoms with Crippen LogP contribution in [0.4, 0.5) is 10.1 Å². The number of halogens is 1. The normalized spacial score (nSPS) is 27.2. The van der Waals surface area contributed by atoms with Crippen LogP contribution in [-0.2, 0) is 9.53 Å². The first-order chi connectivity index (χ1) is 14.4. The fourth-order valence-corrected chi connectivity index (χ4v) is 4.25. The van der Waals surface area contributed by atoms with Gasteiger partial charge in [0.1, 0.15) is 11.6 Å². The lowest BCUT2D eigenvalue weighted by molar-refractivity contribution is -0.133. The minimum absolute atomic E-state index is 0. The molecule has 2 aliphatic rings. The first kappa shape index (κ1) is 20.4. The van der Waals surface area contributed by atoms with E-state index in [1.165, 1.54) is 0 Å². The topological polar surface area (TPSA) is 94.4 Å². The number of nitriles is 1. The quantitative estimate of drug-likeness (QED) is 0.810. The molecule has 160 valence electrons. The number of nitrogens with zero attached hydrogens (tertiary/aromatic N) is 5. The number of carbonyl (C=O) groups is 1. The predicted molar refractivity (Wildman–Crippen MR) is 112 cm³/mol. The second-order valence-electron chi connectivity index (χ2n) is 8.14. The molecule has 30 heavy (non-hydrogen) atoms. The van der Waals surface area contributed by atoms with Crippen LogP contribution >= 0.6 is 0 Å². The molecule has 0 saturated carbocycles. The summed E-state index contributed by atoms with van der Waals surface area (Å²) >= 11 is 0. The molecule has 2 aromatic rings. The Morgan fingerprint density at radius 2 is 2.33 bits per heavy atom. The van der Waals surface area contributed by atoms with E-state index < -0.39 is 11.6 Å². The number of anilines is 1. The number of hydrogen-bond donors (Lipinski definition) is 1. The van der Waals surface area contributed by atoms with Gasteiger partial charge in [0.15, 0.2) is 5.69 Å². The summed E-state index contributed by atoms with van der Waals surface area (Å²) in [5.41, 5.74) is -0.128. The number of rotatable bonds is 4. The summed E-state index contributed by atoms with van der Waals surface area (Å²) in [4.78, 5) is 24.9. The van der Waals surface area contributed by atoms with E-state index in [2.05, 4.69) is 26.3 Å². The lowest BCUT2D eigenvalue weighted by Crippen LogP contribution is -2.53. The maximum Gasteiger partial charge on any atom is 0.259 e. The molecule has 4 heterocycles. The zero-order valence-electron chi connectivity index (χ0n) is 17.1. The van der Waals surface area contributed by atoms with Gasteiger partial charge >= 0.3 is 0 Å². The van der Waals surface area contributed by atoms with Crippen LogP contribution in [0.25, 0.3) is 10.9 Å². The Kier molecular flexibility index (Phi) is 5.54. The van der Waals surface area contributed by atoms with Crippen molar-refractivity contribution in [2.24, 2.45) is 0 Å². The van der Waals surface area contributed by atoms with Crippen LogP contribution in [0.1, 0.15) is 20.5 Å². The van der Waals surface area contributed by atoms with E-state index in [0.717, 1.165) is 11.1 Å². The summed E-state index contributed by atoms with van der Waals surface area (Å²) < 4.78 is 20.8. The molecule has 1 amide bonds. The number of nitrogens with one attached hydrogen (secondary N) is 1. The van der Waals surface area contributed by atoms with Crippen molar-refractivity contribution in [3.05, 3.63) is 30.2 Å². The van der Waals surface area contributed by atoms with Crippen LogP contribution in [0.3, 0.4) is 0 Å². The molecule has 2 aromatic heterocycles. The molecule has 0 bridgehead atoms. The molecule has 0 radical (unpaired) electrons. The number of carbonyl (C=O) groups excluding carboxylic acids is 1. The van der Waals surface area contributed by atoms with Gasteiger partial charge in [0, 0.05) is 52.2 Å². The molecule has 4 rings (SSSR count). The number of amides is 1. The van der Waals surface area contributed by atoms with Crippen LogP contribution in [0.2, 0.25) is 0 Å². The van der Waals surface area contributed by atoms with Crippen molar-refractivity contribution in [1.29, 1.82) is 5.26 Å². The van der Waals surface area contributed by atoms with Gasteiger partial charge < -0.3 is 19.9 Å². The van der Waals surface area contributed by atoms with Crippen molar-refractivity contribution in [3.8, 4) is 6.07 Å². The average molecular weight is 414 g/mol. The molecular formula is C21H27FN6O2. The number of alkyl halides is 1. The maximum absolute atomic E-state index is 14.8. The highest BCUT2D eigenvalue weighted by molar-refractivity contribution is 5.93. The van der Waals surface area contributed by atoms with Gasteiger partial charge in [-0.1, -0.05) is 0 Å². The molecule has 0 unspecified atom stereocenters. The number of morpholine rings is 1. The van der Waals surface area contributed by atoms with Gasteiger partial charge in [-0.2, -0.15) is 5.26 Å². The lowest BCUT2D eigenvalue weighted by Gasteiger charge is -2.38. The van der Waals surface area contributed by atoms with Crippen LogP contribution in [0, 0.1) is 11.3 Å². The second-order valence-corrected chi connectivity index (χ2v) is 8.14. The van der Waals surface area contributed by atoms with Crippen molar-refractivity contribution in [2.75, 3.05) is 44.7 Å². The largest absolute Gasteiger partial charge is 0.370 e. The Hall–Kier alpha value is -2.83. The highest BCUT2D eigenvalue weighted by Crippen LogP contribution is 2.29. The van der Waals surface area contributed by atoms with Crippen LogP contribution in [0.15, 0.2) is 24.5 Å². The van der Waals surface area contributed by atoms with Crippen molar-refractivity contribution >= 4 is 22.5 Å². The van der Waals surface area contributed by atoms with Gasteiger partial charge in [0.2, 0.25) is 5.67 Å². The molecule has 3 atom stereocenters. The molecular weight excluding hydrogens is 387 g/mol. The summed E-state index contributed by atoms with van der Waals surface area (Å²) in [5, 5.41) is 12.9. The van der Waals surface area contributed by atoms with E-state index >= 15 is 0 Å². The monoisotopic (exact) mass is 414 g/mol. The van der Waals surface area contributed by atoms with E-state index in [1.54, 1.807) is 12.4 Å². The van der Waals surface area contributed by atoms with Crippen LogP contribution in [-0.4, -0.2) is 78.4 Å². The summed E-state index contributed by atoms with van der Waals surface area (Å²) in [6.07, 6.45) is 3.16. The smallest absolute Gasteiger partial charge is 0.259 e. The van der Waals surface area contributed by atoms with E-state index in [9.17, 15) is 14.4 Å². The van der Waals surface area contributed by atoms with Gasteiger partial charge in [-0.15, -0.1) is 0 Å². The minimum Gasteiger partial charge on any atom is -0.370 e. The summed E-state index contributed by atoms with van der Waals surface area (Å²) in [5.74, 6) is -0.574. The van der Waals surface area contributed by atoms with E-state index in [-0.39, 0.29) is 38.8 Å². The SMILES string of the molecule is C[C@@H]1CN(c2cnc(C#N)c3ncccc23)C[C@H](CNC(=O)[C@]2(F)CCN(C)C2)O1.[HH]. The van der Waals surface area contributed by atoms with Crippen molar-refractivity contribution < 1.29 is 15.3 Å². The fourth-order valence-electron chi connectivity index (χ4n) is 4.25. The van der Waals surface area contributed by atoms with Crippen molar-refractivity contribution in [2.45, 2.75) is 31.2 Å². The molecule has 1 N–H and O–H groups in total. The number of hydrogen-bond acceptors (Lipinski definition) is 7. The van der Waals surface area contributed by atoms with Crippen molar-refractivity contribution in [3.63, 3.8) is 0 Å². The molecule has 0 spiro atoms. The molecule has 2 fully saturated rings. The summed E-state index contributed by atoms with van der Waals surface area (Å²) in [6, 6.07) is 5.82. The van der Waals surface area contributed by atoms with Crippen LogP contribution in [0.5, 0.6) is 0 Å². The zero-order chi connectivity index (χ0) is 21.3. The third-order valence-corrected chi connectivity index (χ3v) is 5.70. The Morgan fingerprint density at radius 3 is 3.07 bits per heavy atom. The Bertz CT molecular complexity index is 1000. The van der Waals surface area contributed by atoms with Gasteiger partial charge in [-0.25, -0.2) is 9.37 Å².